The molecule has 112 valence electrons. The molecule has 0 radical (unpaired) electrons. The molecule has 0 spiro atoms. The molecule has 0 saturated heterocycles. The van der Waals surface area contributed by atoms with Crippen LogP contribution in [0.1, 0.15) is 39.5 Å². The van der Waals surface area contributed by atoms with Crippen LogP contribution in [0.2, 0.25) is 0 Å². The average Bonchev–Trinajstić information content (AvgIpc) is 2.35. The summed E-state index contributed by atoms with van der Waals surface area (Å²) in [5, 5.41) is 11.4. The van der Waals surface area contributed by atoms with Gasteiger partial charge in [-0.2, -0.15) is 0 Å². The van der Waals surface area contributed by atoms with Crippen LogP contribution in [0.25, 0.3) is 0 Å². The maximum Gasteiger partial charge on any atom is 0.317 e. The molecule has 0 aliphatic rings. The highest BCUT2D eigenvalue weighted by atomic mass is 16.5. The van der Waals surface area contributed by atoms with Crippen molar-refractivity contribution in [2.45, 2.75) is 45.6 Å². The summed E-state index contributed by atoms with van der Waals surface area (Å²) in [6.07, 6.45) is 2.60. The predicted molar refractivity (Wildman–Crippen MR) is 73.2 cm³/mol. The molecule has 6 nitrogen and oxygen atoms in total. The van der Waals surface area contributed by atoms with Crippen LogP contribution < -0.4 is 5.32 Å². The van der Waals surface area contributed by atoms with E-state index in [1.54, 1.807) is 18.9 Å². The third-order valence-electron chi connectivity index (χ3n) is 2.73. The van der Waals surface area contributed by atoms with Gasteiger partial charge in [0.05, 0.1) is 12.5 Å². The lowest BCUT2D eigenvalue weighted by Crippen LogP contribution is -2.42. The van der Waals surface area contributed by atoms with Gasteiger partial charge in [-0.1, -0.05) is 19.8 Å². The van der Waals surface area contributed by atoms with Crippen molar-refractivity contribution >= 4 is 12.0 Å². The van der Waals surface area contributed by atoms with Gasteiger partial charge < -0.3 is 20.1 Å². The summed E-state index contributed by atoms with van der Waals surface area (Å²) in [5.74, 6) is -0.927. The number of nitrogens with zero attached hydrogens (tertiary/aromatic N) is 1. The summed E-state index contributed by atoms with van der Waals surface area (Å²) >= 11 is 0. The van der Waals surface area contributed by atoms with Crippen LogP contribution in [-0.2, 0) is 9.53 Å². The summed E-state index contributed by atoms with van der Waals surface area (Å²) in [4.78, 5) is 24.0. The zero-order valence-electron chi connectivity index (χ0n) is 12.1. The van der Waals surface area contributed by atoms with Gasteiger partial charge in [-0.15, -0.1) is 0 Å². The molecule has 0 aromatic heterocycles. The van der Waals surface area contributed by atoms with Crippen molar-refractivity contribution in [3.63, 3.8) is 0 Å². The summed E-state index contributed by atoms with van der Waals surface area (Å²) < 4.78 is 5.27. The lowest BCUT2D eigenvalue weighted by atomic mass is 10.2. The maximum absolute atomic E-state index is 11.7. The fourth-order valence-corrected chi connectivity index (χ4v) is 1.66. The third kappa shape index (κ3) is 9.30. The van der Waals surface area contributed by atoms with Gasteiger partial charge in [-0.25, -0.2) is 4.79 Å². The Bertz CT molecular complexity index is 271. The average molecular weight is 274 g/mol. The Kier molecular flexibility index (Phi) is 9.88. The summed E-state index contributed by atoms with van der Waals surface area (Å²) in [6.45, 7) is 5.27. The van der Waals surface area contributed by atoms with Gasteiger partial charge in [0.2, 0.25) is 0 Å². The van der Waals surface area contributed by atoms with E-state index < -0.39 is 12.1 Å². The second kappa shape index (κ2) is 10.6. The topological polar surface area (TPSA) is 78.9 Å². The molecule has 1 unspecified atom stereocenters. The number of urea groups is 1. The van der Waals surface area contributed by atoms with E-state index in [2.05, 4.69) is 12.2 Å². The first-order valence-corrected chi connectivity index (χ1v) is 6.83. The fourth-order valence-electron chi connectivity index (χ4n) is 1.66. The number of hydrogen-bond donors (Lipinski definition) is 2. The van der Waals surface area contributed by atoms with Crippen LogP contribution in [0, 0.1) is 0 Å². The number of amides is 2. The van der Waals surface area contributed by atoms with Crippen molar-refractivity contribution in [2.24, 2.45) is 0 Å². The van der Waals surface area contributed by atoms with Crippen molar-refractivity contribution in [3.8, 4) is 0 Å². The van der Waals surface area contributed by atoms with Gasteiger partial charge in [-0.3, -0.25) is 4.79 Å². The van der Waals surface area contributed by atoms with E-state index in [1.807, 2.05) is 0 Å². The Morgan fingerprint density at radius 1 is 1.32 bits per heavy atom. The minimum atomic E-state index is -0.927. The van der Waals surface area contributed by atoms with Crippen LogP contribution in [0.15, 0.2) is 0 Å². The predicted octanol–water partition coefficient (Wildman–Crippen LogP) is 1.70. The quantitative estimate of drug-likeness (QED) is 0.594. The number of rotatable bonds is 10. The van der Waals surface area contributed by atoms with Crippen molar-refractivity contribution < 1.29 is 19.4 Å². The number of ether oxygens (including phenoxy) is 1. The zero-order chi connectivity index (χ0) is 14.7. The van der Waals surface area contributed by atoms with Gasteiger partial charge in [0.25, 0.3) is 0 Å². The normalized spacial score (nSPS) is 11.9. The zero-order valence-corrected chi connectivity index (χ0v) is 12.1. The van der Waals surface area contributed by atoms with Crippen LogP contribution in [0.3, 0.4) is 0 Å². The number of carboxylic acid groups (broad SMARTS) is 1. The molecule has 2 amide bonds. The van der Waals surface area contributed by atoms with Gasteiger partial charge >= 0.3 is 12.0 Å². The highest BCUT2D eigenvalue weighted by Gasteiger charge is 2.15. The SMILES string of the molecule is CCCCCN(C)C(=O)NCC(CC(=O)O)OCC. The Hall–Kier alpha value is -1.30. The van der Waals surface area contributed by atoms with Crippen molar-refractivity contribution in [1.29, 1.82) is 0 Å². The van der Waals surface area contributed by atoms with E-state index >= 15 is 0 Å². The Morgan fingerprint density at radius 3 is 2.53 bits per heavy atom. The number of aliphatic carboxylic acids is 1. The fraction of sp³-hybridized carbons (Fsp3) is 0.846. The van der Waals surface area contributed by atoms with E-state index in [0.29, 0.717) is 13.2 Å². The third-order valence-corrected chi connectivity index (χ3v) is 2.73. The number of carboxylic acids is 1. The molecule has 1 atom stereocenters. The molecule has 19 heavy (non-hydrogen) atoms. The van der Waals surface area contributed by atoms with Crippen molar-refractivity contribution in [2.75, 3.05) is 26.7 Å². The lowest BCUT2D eigenvalue weighted by molar-refractivity contribution is -0.140. The lowest BCUT2D eigenvalue weighted by Gasteiger charge is -2.20. The molecule has 0 aromatic carbocycles. The number of carbonyl (C=O) groups excluding carboxylic acids is 1. The van der Waals surface area contributed by atoms with Crippen molar-refractivity contribution in [1.82, 2.24) is 10.2 Å². The molecule has 0 aliphatic carbocycles. The molecule has 0 fully saturated rings. The summed E-state index contributed by atoms with van der Waals surface area (Å²) in [5.41, 5.74) is 0. The van der Waals surface area contributed by atoms with Crippen LogP contribution in [-0.4, -0.2) is 54.9 Å². The van der Waals surface area contributed by atoms with Crippen LogP contribution in [0.4, 0.5) is 4.79 Å². The number of nitrogens with one attached hydrogen (secondary N) is 1. The first-order valence-electron chi connectivity index (χ1n) is 6.83. The van der Waals surface area contributed by atoms with Crippen LogP contribution >= 0.6 is 0 Å². The second-order valence-electron chi connectivity index (χ2n) is 4.49. The van der Waals surface area contributed by atoms with Gasteiger partial charge in [0, 0.05) is 26.7 Å². The Balaban J connectivity index is 3.98. The number of unbranched alkanes of at least 4 members (excludes halogenated alkanes) is 2. The molecule has 0 bridgehead atoms. The summed E-state index contributed by atoms with van der Waals surface area (Å²) in [7, 11) is 1.73. The first kappa shape index (κ1) is 17.7. The molecule has 2 N–H and O–H groups in total. The van der Waals surface area contributed by atoms with Crippen LogP contribution in [0.5, 0.6) is 0 Å². The Labute approximate surface area is 115 Å². The van der Waals surface area contributed by atoms with E-state index in [4.69, 9.17) is 9.84 Å². The Morgan fingerprint density at radius 2 is 2.00 bits per heavy atom. The molecule has 0 heterocycles. The maximum atomic E-state index is 11.7. The molecule has 6 heteroatoms. The molecular formula is C13H26N2O4. The standard InChI is InChI=1S/C13H26N2O4/c1-4-6-7-8-15(3)13(18)14-10-11(19-5-2)9-12(16)17/h11H,4-10H2,1-3H3,(H,14,18)(H,16,17). The van der Waals surface area contributed by atoms with E-state index in [0.717, 1.165) is 19.3 Å². The van der Waals surface area contributed by atoms with Crippen molar-refractivity contribution in [3.05, 3.63) is 0 Å². The smallest absolute Gasteiger partial charge is 0.317 e. The second-order valence-corrected chi connectivity index (χ2v) is 4.49. The molecule has 0 saturated carbocycles. The number of hydrogen-bond acceptors (Lipinski definition) is 3. The molecular weight excluding hydrogens is 248 g/mol. The van der Waals surface area contributed by atoms with Gasteiger partial charge in [0.1, 0.15) is 0 Å². The molecule has 0 rings (SSSR count). The minimum absolute atomic E-state index is 0.104. The molecule has 0 aliphatic heterocycles. The minimum Gasteiger partial charge on any atom is -0.481 e. The van der Waals surface area contributed by atoms with E-state index in [9.17, 15) is 9.59 Å². The van der Waals surface area contributed by atoms with E-state index in [1.165, 1.54) is 0 Å². The molecule has 0 aromatic rings. The first-order chi connectivity index (χ1) is 9.01. The largest absolute Gasteiger partial charge is 0.481 e. The van der Waals surface area contributed by atoms with E-state index in [-0.39, 0.29) is 19.0 Å². The summed E-state index contributed by atoms with van der Waals surface area (Å²) in [6, 6.07) is -0.189. The van der Waals surface area contributed by atoms with Gasteiger partial charge in [0.15, 0.2) is 0 Å². The highest BCUT2D eigenvalue weighted by molar-refractivity contribution is 5.74. The highest BCUT2D eigenvalue weighted by Crippen LogP contribution is 1.99. The number of carbonyl (C=O) groups is 2. The van der Waals surface area contributed by atoms with Gasteiger partial charge in [-0.05, 0) is 13.3 Å². The monoisotopic (exact) mass is 274 g/mol.